The van der Waals surface area contributed by atoms with Crippen LogP contribution in [0.2, 0.25) is 0 Å². The molecule has 0 aliphatic carbocycles. The molecule has 0 radical (unpaired) electrons. The van der Waals surface area contributed by atoms with E-state index in [1.807, 2.05) is 0 Å². The van der Waals surface area contributed by atoms with Gasteiger partial charge in [0.1, 0.15) is 11.7 Å². The summed E-state index contributed by atoms with van der Waals surface area (Å²) in [6.45, 7) is 0.395. The van der Waals surface area contributed by atoms with Crippen molar-refractivity contribution < 1.29 is 23.5 Å². The topological polar surface area (TPSA) is 64.6 Å². The zero-order valence-electron chi connectivity index (χ0n) is 14.0. The highest BCUT2D eigenvalue weighted by atomic mass is 19.1. The van der Waals surface area contributed by atoms with Gasteiger partial charge in [0, 0.05) is 12.1 Å². The smallest absolute Gasteiger partial charge is 0.235 e. The number of fused-ring (bicyclic) bond motifs is 1. The normalized spacial score (nSPS) is 17.2. The number of nitrogens with one attached hydrogen (secondary N) is 1. The number of hydrogen-bond acceptors (Lipinski definition) is 4. The Balaban J connectivity index is 2.12. The van der Waals surface area contributed by atoms with Gasteiger partial charge in [0.05, 0.1) is 14.2 Å². The molecular weight excluding hydrogens is 325 g/mol. The van der Waals surface area contributed by atoms with Crippen LogP contribution < -0.4 is 14.8 Å². The minimum Gasteiger partial charge on any atom is -0.493 e. The van der Waals surface area contributed by atoms with Gasteiger partial charge in [-0.3, -0.25) is 9.59 Å². The molecule has 3 rings (SSSR count). The first-order valence-corrected chi connectivity index (χ1v) is 7.87. The highest BCUT2D eigenvalue weighted by Crippen LogP contribution is 2.34. The Hall–Kier alpha value is -2.89. The molecule has 0 bridgehead atoms. The number of carbonyl (C=O) groups excluding carboxylic acids is 2. The Morgan fingerprint density at radius 2 is 1.68 bits per heavy atom. The summed E-state index contributed by atoms with van der Waals surface area (Å²) in [6, 6.07) is 8.75. The van der Waals surface area contributed by atoms with Crippen molar-refractivity contribution in [1.29, 1.82) is 0 Å². The van der Waals surface area contributed by atoms with Gasteiger partial charge in [-0.1, -0.05) is 12.1 Å². The molecule has 0 spiro atoms. The molecule has 0 saturated heterocycles. The predicted octanol–water partition coefficient (Wildman–Crippen LogP) is 2.48. The molecule has 1 atom stereocenters. The lowest BCUT2D eigenvalue weighted by atomic mass is 9.85. The highest BCUT2D eigenvalue weighted by Gasteiger charge is 2.33. The first kappa shape index (κ1) is 17.0. The Morgan fingerprint density at radius 1 is 1.04 bits per heavy atom. The minimum absolute atomic E-state index is 0.347. The van der Waals surface area contributed by atoms with Crippen molar-refractivity contribution in [2.75, 3.05) is 20.8 Å². The van der Waals surface area contributed by atoms with Gasteiger partial charge < -0.3 is 14.8 Å². The van der Waals surface area contributed by atoms with Crippen LogP contribution in [0.4, 0.5) is 4.39 Å². The molecule has 5 nitrogen and oxygen atoms in total. The van der Waals surface area contributed by atoms with Crippen molar-refractivity contribution in [3.8, 4) is 11.5 Å². The van der Waals surface area contributed by atoms with Gasteiger partial charge in [-0.2, -0.15) is 0 Å². The molecule has 0 fully saturated rings. The predicted molar refractivity (Wildman–Crippen MR) is 89.7 cm³/mol. The molecule has 2 aromatic carbocycles. The van der Waals surface area contributed by atoms with Crippen LogP contribution in [-0.4, -0.2) is 32.5 Å². The van der Waals surface area contributed by atoms with E-state index in [1.165, 1.54) is 38.5 Å². The van der Waals surface area contributed by atoms with E-state index < -0.39 is 17.6 Å². The van der Waals surface area contributed by atoms with E-state index in [4.69, 9.17) is 9.47 Å². The fraction of sp³-hybridized carbons (Fsp3) is 0.263. The zero-order valence-corrected chi connectivity index (χ0v) is 14.0. The van der Waals surface area contributed by atoms with Crippen LogP contribution in [0.15, 0.2) is 36.4 Å². The van der Waals surface area contributed by atoms with Crippen molar-refractivity contribution in [3.05, 3.63) is 58.9 Å². The molecule has 0 aromatic heterocycles. The quantitative estimate of drug-likeness (QED) is 0.870. The van der Waals surface area contributed by atoms with Crippen molar-refractivity contribution >= 4 is 11.7 Å². The van der Waals surface area contributed by atoms with Gasteiger partial charge in [-0.15, -0.1) is 0 Å². The molecule has 6 heteroatoms. The molecule has 1 heterocycles. The van der Waals surface area contributed by atoms with E-state index in [2.05, 4.69) is 5.32 Å². The summed E-state index contributed by atoms with van der Waals surface area (Å²) in [5.41, 5.74) is 1.64. The minimum atomic E-state index is -1.03. The number of hydrogen-bond donors (Lipinski definition) is 1. The number of ketones is 1. The van der Waals surface area contributed by atoms with Gasteiger partial charge in [0.15, 0.2) is 17.3 Å². The fourth-order valence-corrected chi connectivity index (χ4v) is 3.01. The number of rotatable bonds is 3. The molecule has 1 unspecified atom stereocenters. The SMILES string of the molecule is COc1cc2c(cc1OC)C(=O)C(c1ccc(F)cc1)C(=O)NCC2. The summed E-state index contributed by atoms with van der Waals surface area (Å²) in [5.74, 6) is -1.24. The summed E-state index contributed by atoms with van der Waals surface area (Å²) < 4.78 is 23.8. The van der Waals surface area contributed by atoms with Gasteiger partial charge in [-0.05, 0) is 41.8 Å². The second kappa shape index (κ2) is 6.93. The van der Waals surface area contributed by atoms with E-state index in [1.54, 1.807) is 12.1 Å². The average molecular weight is 343 g/mol. The van der Waals surface area contributed by atoms with Crippen LogP contribution in [0.3, 0.4) is 0 Å². The molecule has 1 amide bonds. The third-order valence-electron chi connectivity index (χ3n) is 4.30. The van der Waals surface area contributed by atoms with Crippen molar-refractivity contribution in [1.82, 2.24) is 5.32 Å². The van der Waals surface area contributed by atoms with Gasteiger partial charge >= 0.3 is 0 Å². The second-order valence-corrected chi connectivity index (χ2v) is 5.75. The number of benzene rings is 2. The maximum absolute atomic E-state index is 13.2. The van der Waals surface area contributed by atoms with E-state index >= 15 is 0 Å². The molecule has 0 saturated carbocycles. The average Bonchev–Trinajstić information content (AvgIpc) is 2.62. The van der Waals surface area contributed by atoms with Crippen molar-refractivity contribution in [2.24, 2.45) is 0 Å². The first-order chi connectivity index (χ1) is 12.0. The van der Waals surface area contributed by atoms with Crippen LogP contribution in [0.5, 0.6) is 11.5 Å². The first-order valence-electron chi connectivity index (χ1n) is 7.87. The number of carbonyl (C=O) groups is 2. The summed E-state index contributed by atoms with van der Waals surface area (Å²) in [4.78, 5) is 25.6. The summed E-state index contributed by atoms with van der Waals surface area (Å²) in [5, 5.41) is 2.76. The maximum Gasteiger partial charge on any atom is 0.235 e. The van der Waals surface area contributed by atoms with Crippen LogP contribution in [0, 0.1) is 5.82 Å². The Bertz CT molecular complexity index is 817. The Labute approximate surface area is 144 Å². The number of ether oxygens (including phenoxy) is 2. The third-order valence-corrected chi connectivity index (χ3v) is 4.30. The van der Waals surface area contributed by atoms with E-state index in [0.29, 0.717) is 35.6 Å². The third kappa shape index (κ3) is 3.20. The standard InChI is InChI=1S/C19H18FNO4/c1-24-15-9-12-7-8-21-19(23)17(11-3-5-13(20)6-4-11)18(22)14(12)10-16(15)25-2/h3-6,9-10,17H,7-8H2,1-2H3,(H,21,23). The number of methoxy groups -OCH3 is 2. The Morgan fingerprint density at radius 3 is 2.32 bits per heavy atom. The van der Waals surface area contributed by atoms with Gasteiger partial charge in [0.2, 0.25) is 5.91 Å². The lowest BCUT2D eigenvalue weighted by Gasteiger charge is -2.22. The van der Waals surface area contributed by atoms with Crippen LogP contribution in [0.1, 0.15) is 27.4 Å². The summed E-state index contributed by atoms with van der Waals surface area (Å²) in [7, 11) is 3.01. The molecule has 1 aliphatic heterocycles. The Kier molecular flexibility index (Phi) is 4.70. The lowest BCUT2D eigenvalue weighted by molar-refractivity contribution is -0.121. The van der Waals surface area contributed by atoms with E-state index in [0.717, 1.165) is 5.56 Å². The summed E-state index contributed by atoms with van der Waals surface area (Å²) >= 11 is 0. The van der Waals surface area contributed by atoms with E-state index in [-0.39, 0.29) is 5.78 Å². The maximum atomic E-state index is 13.2. The molecule has 1 N–H and O–H groups in total. The van der Waals surface area contributed by atoms with Crippen LogP contribution in [-0.2, 0) is 11.2 Å². The van der Waals surface area contributed by atoms with Crippen molar-refractivity contribution in [3.63, 3.8) is 0 Å². The highest BCUT2D eigenvalue weighted by molar-refractivity contribution is 6.15. The largest absolute Gasteiger partial charge is 0.493 e. The number of amides is 1. The monoisotopic (exact) mass is 343 g/mol. The molecular formula is C19H18FNO4. The number of halogens is 1. The van der Waals surface area contributed by atoms with Gasteiger partial charge in [-0.25, -0.2) is 4.39 Å². The molecule has 1 aliphatic rings. The second-order valence-electron chi connectivity index (χ2n) is 5.75. The molecule has 130 valence electrons. The molecule has 25 heavy (non-hydrogen) atoms. The summed E-state index contributed by atoms with van der Waals surface area (Å²) in [6.07, 6.45) is 0.503. The van der Waals surface area contributed by atoms with Crippen molar-refractivity contribution in [2.45, 2.75) is 12.3 Å². The lowest BCUT2D eigenvalue weighted by Crippen LogP contribution is -2.37. The van der Waals surface area contributed by atoms with Gasteiger partial charge in [0.25, 0.3) is 0 Å². The fourth-order valence-electron chi connectivity index (χ4n) is 3.01. The van der Waals surface area contributed by atoms with E-state index in [9.17, 15) is 14.0 Å². The van der Waals surface area contributed by atoms with Crippen LogP contribution in [0.25, 0.3) is 0 Å². The number of Topliss-reactive ketones (excluding diaryl/α,β-unsaturated/α-hetero) is 1. The molecule has 2 aromatic rings. The van der Waals surface area contributed by atoms with Crippen LogP contribution >= 0.6 is 0 Å². The zero-order chi connectivity index (χ0) is 18.0.